The molecule has 1 aliphatic carbocycles. The predicted molar refractivity (Wildman–Crippen MR) is 92.7 cm³/mol. The van der Waals surface area contributed by atoms with Crippen LogP contribution < -0.4 is 0 Å². The van der Waals surface area contributed by atoms with E-state index >= 15 is 0 Å². The van der Waals surface area contributed by atoms with Crippen LogP contribution in [0.3, 0.4) is 0 Å². The number of carbonyl (C=O) groups is 1. The van der Waals surface area contributed by atoms with Crippen molar-refractivity contribution in [3.8, 4) is 0 Å². The Labute approximate surface area is 142 Å². The Morgan fingerprint density at radius 1 is 1.42 bits per heavy atom. The number of rotatable bonds is 4. The van der Waals surface area contributed by atoms with Crippen LogP contribution in [0.5, 0.6) is 0 Å². The van der Waals surface area contributed by atoms with Gasteiger partial charge in [0.05, 0.1) is 29.1 Å². The summed E-state index contributed by atoms with van der Waals surface area (Å²) in [6.07, 6.45) is 5.03. The number of fused-ring (bicyclic) bond motifs is 1. The molecular weight excluding hydrogens is 302 g/mol. The third-order valence-corrected chi connectivity index (χ3v) is 5.67. The second-order valence-corrected chi connectivity index (χ2v) is 7.37. The van der Waals surface area contributed by atoms with Gasteiger partial charge in [-0.1, -0.05) is 12.5 Å². The summed E-state index contributed by atoms with van der Waals surface area (Å²) in [6.45, 7) is 3.44. The molecule has 0 unspecified atom stereocenters. The highest BCUT2D eigenvalue weighted by molar-refractivity contribution is 5.84. The van der Waals surface area contributed by atoms with Crippen LogP contribution in [0.15, 0.2) is 18.2 Å². The lowest BCUT2D eigenvalue weighted by molar-refractivity contribution is -0.153. The molecule has 0 bridgehead atoms. The molecule has 2 fully saturated rings. The second kappa shape index (κ2) is 5.88. The van der Waals surface area contributed by atoms with Crippen LogP contribution in [0, 0.1) is 12.3 Å². The van der Waals surface area contributed by atoms with E-state index < -0.39 is 0 Å². The molecular formula is C19H25N3O2. The van der Waals surface area contributed by atoms with Crippen LogP contribution in [0.25, 0.3) is 11.0 Å². The molecule has 0 radical (unpaired) electrons. The Hall–Kier alpha value is -1.88. The maximum atomic E-state index is 13.2. The van der Waals surface area contributed by atoms with E-state index in [2.05, 4.69) is 24.0 Å². The number of aromatic nitrogens is 2. The minimum absolute atomic E-state index is 0.0690. The molecule has 2 aromatic rings. The normalized spacial score (nSPS) is 22.8. The van der Waals surface area contributed by atoms with Gasteiger partial charge in [-0.15, -0.1) is 0 Å². The Morgan fingerprint density at radius 3 is 2.96 bits per heavy atom. The summed E-state index contributed by atoms with van der Waals surface area (Å²) in [5, 5.41) is 0. The van der Waals surface area contributed by atoms with E-state index in [0.29, 0.717) is 6.61 Å². The molecule has 5 nitrogen and oxygen atoms in total. The molecule has 2 heterocycles. The molecule has 0 spiro atoms. The molecule has 5 heteroatoms. The highest BCUT2D eigenvalue weighted by Gasteiger charge is 2.49. The SMILES string of the molecule is COCC1(C(=O)N2CCC[C@@H]2c2nc3ccc(C)cc3[nH]2)CCC1. The van der Waals surface area contributed by atoms with Crippen LogP contribution in [0.4, 0.5) is 0 Å². The minimum Gasteiger partial charge on any atom is -0.384 e. The Bertz CT molecular complexity index is 763. The first-order chi connectivity index (χ1) is 11.6. The Balaban J connectivity index is 1.63. The van der Waals surface area contributed by atoms with Crippen LogP contribution in [0.2, 0.25) is 0 Å². The molecule has 128 valence electrons. The molecule has 2 aliphatic rings. The fourth-order valence-electron chi connectivity index (χ4n) is 4.20. The van der Waals surface area contributed by atoms with Crippen LogP contribution >= 0.6 is 0 Å². The van der Waals surface area contributed by atoms with E-state index in [9.17, 15) is 4.79 Å². The number of aryl methyl sites for hydroxylation is 1. The molecule has 1 saturated carbocycles. The van der Waals surface area contributed by atoms with Gasteiger partial charge in [-0.3, -0.25) is 4.79 Å². The molecule has 1 aromatic heterocycles. The first kappa shape index (κ1) is 15.6. The summed E-state index contributed by atoms with van der Waals surface area (Å²) < 4.78 is 5.36. The summed E-state index contributed by atoms with van der Waals surface area (Å²) in [7, 11) is 1.69. The third-order valence-electron chi connectivity index (χ3n) is 5.67. The van der Waals surface area contributed by atoms with Gasteiger partial charge in [0.15, 0.2) is 0 Å². The van der Waals surface area contributed by atoms with Crippen molar-refractivity contribution in [3.05, 3.63) is 29.6 Å². The lowest BCUT2D eigenvalue weighted by Crippen LogP contribution is -2.50. The average Bonchev–Trinajstić information content (AvgIpc) is 3.15. The number of nitrogens with zero attached hydrogens (tertiary/aromatic N) is 2. The van der Waals surface area contributed by atoms with Crippen LogP contribution in [0.1, 0.15) is 49.5 Å². The van der Waals surface area contributed by atoms with Crippen molar-refractivity contribution in [2.45, 2.75) is 45.1 Å². The van der Waals surface area contributed by atoms with Gasteiger partial charge in [-0.25, -0.2) is 4.98 Å². The van der Waals surface area contributed by atoms with Crippen molar-refractivity contribution in [1.29, 1.82) is 0 Å². The van der Waals surface area contributed by atoms with Crippen molar-refractivity contribution in [3.63, 3.8) is 0 Å². The topological polar surface area (TPSA) is 58.2 Å². The van der Waals surface area contributed by atoms with Crippen LogP contribution in [-0.4, -0.2) is 41.0 Å². The quantitative estimate of drug-likeness (QED) is 0.937. The van der Waals surface area contributed by atoms with Crippen LogP contribution in [-0.2, 0) is 9.53 Å². The highest BCUT2D eigenvalue weighted by atomic mass is 16.5. The predicted octanol–water partition coefficient (Wildman–Crippen LogP) is 3.35. The maximum absolute atomic E-state index is 13.2. The van der Waals surface area contributed by atoms with Gasteiger partial charge in [-0.2, -0.15) is 0 Å². The number of imidazole rings is 1. The summed E-state index contributed by atoms with van der Waals surface area (Å²) in [5.41, 5.74) is 2.95. The standard InChI is InChI=1S/C19H25N3O2/c1-13-6-7-14-15(11-13)21-17(20-14)16-5-3-10-22(16)18(23)19(12-24-2)8-4-9-19/h6-7,11,16H,3-5,8-10,12H2,1-2H3,(H,20,21)/t16-/m1/s1. The second-order valence-electron chi connectivity index (χ2n) is 7.37. The molecule has 24 heavy (non-hydrogen) atoms. The van der Waals surface area contributed by atoms with E-state index in [1.807, 2.05) is 11.0 Å². The lowest BCUT2D eigenvalue weighted by Gasteiger charge is -2.43. The van der Waals surface area contributed by atoms with E-state index in [0.717, 1.165) is 55.5 Å². The average molecular weight is 327 g/mol. The fraction of sp³-hybridized carbons (Fsp3) is 0.579. The summed E-state index contributed by atoms with van der Waals surface area (Å²) in [5.74, 6) is 1.18. The number of benzene rings is 1. The zero-order chi connectivity index (χ0) is 16.7. The minimum atomic E-state index is -0.292. The van der Waals surface area contributed by atoms with Crippen molar-refractivity contribution < 1.29 is 9.53 Å². The molecule has 4 rings (SSSR count). The number of aromatic amines is 1. The third kappa shape index (κ3) is 2.42. The number of methoxy groups -OCH3 is 1. The first-order valence-corrected chi connectivity index (χ1v) is 8.89. The molecule has 1 aliphatic heterocycles. The Morgan fingerprint density at radius 2 is 2.25 bits per heavy atom. The van der Waals surface area contributed by atoms with Crippen molar-refractivity contribution in [2.24, 2.45) is 5.41 Å². The molecule has 1 atom stereocenters. The van der Waals surface area contributed by atoms with Gasteiger partial charge in [-0.05, 0) is 50.3 Å². The number of H-pyrrole nitrogens is 1. The Kier molecular flexibility index (Phi) is 3.83. The van der Waals surface area contributed by atoms with E-state index in [-0.39, 0.29) is 17.4 Å². The number of carbonyl (C=O) groups excluding carboxylic acids is 1. The molecule has 1 amide bonds. The van der Waals surface area contributed by atoms with Crippen molar-refractivity contribution in [2.75, 3.05) is 20.3 Å². The highest BCUT2D eigenvalue weighted by Crippen LogP contribution is 2.45. The zero-order valence-corrected chi connectivity index (χ0v) is 14.5. The number of nitrogens with one attached hydrogen (secondary N) is 1. The van der Waals surface area contributed by atoms with E-state index in [4.69, 9.17) is 9.72 Å². The van der Waals surface area contributed by atoms with Gasteiger partial charge in [0.25, 0.3) is 0 Å². The maximum Gasteiger partial charge on any atom is 0.231 e. The number of ether oxygens (including phenoxy) is 1. The summed E-state index contributed by atoms with van der Waals surface area (Å²) in [4.78, 5) is 23.4. The number of amides is 1. The van der Waals surface area contributed by atoms with Crippen molar-refractivity contribution >= 4 is 16.9 Å². The van der Waals surface area contributed by atoms with Gasteiger partial charge in [0.1, 0.15) is 5.82 Å². The van der Waals surface area contributed by atoms with E-state index in [1.165, 1.54) is 5.56 Å². The number of likely N-dealkylation sites (tertiary alicyclic amines) is 1. The fourth-order valence-corrected chi connectivity index (χ4v) is 4.20. The first-order valence-electron chi connectivity index (χ1n) is 8.89. The lowest BCUT2D eigenvalue weighted by atomic mass is 9.68. The van der Waals surface area contributed by atoms with Gasteiger partial charge in [0.2, 0.25) is 5.91 Å². The number of hydrogen-bond acceptors (Lipinski definition) is 3. The van der Waals surface area contributed by atoms with Gasteiger partial charge < -0.3 is 14.6 Å². The summed E-state index contributed by atoms with van der Waals surface area (Å²) >= 11 is 0. The largest absolute Gasteiger partial charge is 0.384 e. The number of hydrogen-bond donors (Lipinski definition) is 1. The zero-order valence-electron chi connectivity index (χ0n) is 14.5. The summed E-state index contributed by atoms with van der Waals surface area (Å²) in [6, 6.07) is 6.31. The molecule has 1 N–H and O–H groups in total. The van der Waals surface area contributed by atoms with Gasteiger partial charge in [0, 0.05) is 13.7 Å². The van der Waals surface area contributed by atoms with Crippen molar-refractivity contribution in [1.82, 2.24) is 14.9 Å². The smallest absolute Gasteiger partial charge is 0.231 e. The van der Waals surface area contributed by atoms with E-state index in [1.54, 1.807) is 7.11 Å². The molecule has 1 saturated heterocycles. The molecule has 1 aromatic carbocycles. The monoisotopic (exact) mass is 327 g/mol. The van der Waals surface area contributed by atoms with Gasteiger partial charge >= 0.3 is 0 Å².